The highest BCUT2D eigenvalue weighted by Crippen LogP contribution is 2.26. The maximum absolute atomic E-state index is 11.9. The van der Waals surface area contributed by atoms with E-state index in [1.807, 2.05) is 0 Å². The van der Waals surface area contributed by atoms with Crippen molar-refractivity contribution in [2.24, 2.45) is 11.3 Å². The van der Waals surface area contributed by atoms with Crippen LogP contribution in [-0.4, -0.2) is 5.78 Å². The van der Waals surface area contributed by atoms with Gasteiger partial charge in [0.2, 0.25) is 0 Å². The Hall–Kier alpha value is -0.330. The molecule has 1 atom stereocenters. The van der Waals surface area contributed by atoms with Crippen molar-refractivity contribution in [1.29, 1.82) is 0 Å². The Labute approximate surface area is 121 Å². The maximum Gasteiger partial charge on any atom is 0.133 e. The lowest BCUT2D eigenvalue weighted by molar-refractivity contribution is -0.120. The number of carbonyl (C=O) groups is 1. The van der Waals surface area contributed by atoms with Crippen LogP contribution in [0.5, 0.6) is 0 Å². The third-order valence-electron chi connectivity index (χ3n) is 3.60. The number of rotatable bonds is 11. The van der Waals surface area contributed by atoms with E-state index in [2.05, 4.69) is 34.6 Å². The second-order valence-electron chi connectivity index (χ2n) is 7.48. The van der Waals surface area contributed by atoms with Gasteiger partial charge in [-0.15, -0.1) is 0 Å². The average molecular weight is 268 g/mol. The van der Waals surface area contributed by atoms with Crippen molar-refractivity contribution in [3.05, 3.63) is 0 Å². The number of unbranched alkanes of at least 4 members (excludes halogenated alkanes) is 6. The van der Waals surface area contributed by atoms with Crippen LogP contribution in [0.25, 0.3) is 0 Å². The first-order chi connectivity index (χ1) is 8.85. The Morgan fingerprint density at radius 1 is 0.947 bits per heavy atom. The summed E-state index contributed by atoms with van der Waals surface area (Å²) in [6.45, 7) is 11.2. The van der Waals surface area contributed by atoms with Gasteiger partial charge in [-0.05, 0) is 24.2 Å². The summed E-state index contributed by atoms with van der Waals surface area (Å²) >= 11 is 0. The molecule has 1 unspecified atom stereocenters. The minimum Gasteiger partial charge on any atom is -0.300 e. The average Bonchev–Trinajstić information content (AvgIpc) is 2.25. The summed E-state index contributed by atoms with van der Waals surface area (Å²) in [5.41, 5.74) is 0.346. The number of Topliss-reactive ketones (excluding diaryl/α,β-unsaturated/α-hetero) is 1. The van der Waals surface area contributed by atoms with Gasteiger partial charge in [-0.2, -0.15) is 0 Å². The first kappa shape index (κ1) is 18.7. The van der Waals surface area contributed by atoms with Gasteiger partial charge in [0.25, 0.3) is 0 Å². The van der Waals surface area contributed by atoms with E-state index in [0.717, 1.165) is 25.7 Å². The van der Waals surface area contributed by atoms with Crippen LogP contribution in [-0.2, 0) is 4.79 Å². The molecular weight excluding hydrogens is 232 g/mol. The molecule has 0 aliphatic carbocycles. The van der Waals surface area contributed by atoms with Crippen LogP contribution in [0.4, 0.5) is 0 Å². The molecule has 0 heterocycles. The van der Waals surface area contributed by atoms with Crippen LogP contribution in [0.1, 0.15) is 98.8 Å². The lowest BCUT2D eigenvalue weighted by atomic mass is 9.83. The van der Waals surface area contributed by atoms with Gasteiger partial charge < -0.3 is 0 Å². The third-order valence-corrected chi connectivity index (χ3v) is 3.60. The van der Waals surface area contributed by atoms with Gasteiger partial charge in [-0.25, -0.2) is 0 Å². The standard InChI is InChI=1S/C18H36O/c1-6-7-8-9-10-11-12-13-17(19)14-16(2)15-18(3,4)5/h16H,6-15H2,1-5H3. The molecule has 0 aliphatic heterocycles. The predicted molar refractivity (Wildman–Crippen MR) is 85.5 cm³/mol. The zero-order chi connectivity index (χ0) is 14.7. The Balaban J connectivity index is 3.49. The zero-order valence-corrected chi connectivity index (χ0v) is 14.1. The maximum atomic E-state index is 11.9. The monoisotopic (exact) mass is 268 g/mol. The molecule has 0 amide bonds. The second kappa shape index (κ2) is 10.5. The van der Waals surface area contributed by atoms with Crippen molar-refractivity contribution in [3.63, 3.8) is 0 Å². The van der Waals surface area contributed by atoms with Gasteiger partial charge in [-0.3, -0.25) is 4.79 Å². The molecule has 0 spiro atoms. The second-order valence-corrected chi connectivity index (χ2v) is 7.48. The van der Waals surface area contributed by atoms with Crippen LogP contribution in [0.2, 0.25) is 0 Å². The first-order valence-corrected chi connectivity index (χ1v) is 8.37. The minimum atomic E-state index is 0.346. The fourth-order valence-electron chi connectivity index (χ4n) is 2.89. The van der Waals surface area contributed by atoms with E-state index >= 15 is 0 Å². The summed E-state index contributed by atoms with van der Waals surface area (Å²) in [6.07, 6.45) is 11.8. The molecule has 0 aromatic carbocycles. The minimum absolute atomic E-state index is 0.346. The van der Waals surface area contributed by atoms with Crippen molar-refractivity contribution in [1.82, 2.24) is 0 Å². The molecular formula is C18H36O. The number of hydrogen-bond donors (Lipinski definition) is 0. The van der Waals surface area contributed by atoms with Crippen LogP contribution in [0.3, 0.4) is 0 Å². The molecule has 0 aromatic rings. The van der Waals surface area contributed by atoms with Crippen molar-refractivity contribution < 1.29 is 4.79 Å². The highest BCUT2D eigenvalue weighted by Gasteiger charge is 2.17. The van der Waals surface area contributed by atoms with E-state index in [1.165, 1.54) is 38.5 Å². The predicted octanol–water partition coefficient (Wildman–Crippen LogP) is 6.16. The van der Waals surface area contributed by atoms with E-state index in [9.17, 15) is 4.79 Å². The summed E-state index contributed by atoms with van der Waals surface area (Å²) in [4.78, 5) is 11.9. The summed E-state index contributed by atoms with van der Waals surface area (Å²) in [5.74, 6) is 1.02. The number of ketones is 1. The van der Waals surface area contributed by atoms with Crippen molar-refractivity contribution in [3.8, 4) is 0 Å². The quantitative estimate of drug-likeness (QED) is 0.410. The van der Waals surface area contributed by atoms with Crippen LogP contribution in [0.15, 0.2) is 0 Å². The van der Waals surface area contributed by atoms with Crippen LogP contribution in [0, 0.1) is 11.3 Å². The van der Waals surface area contributed by atoms with Gasteiger partial charge in [0.05, 0.1) is 0 Å². The van der Waals surface area contributed by atoms with E-state index in [-0.39, 0.29) is 0 Å². The molecule has 114 valence electrons. The van der Waals surface area contributed by atoms with Crippen LogP contribution < -0.4 is 0 Å². The van der Waals surface area contributed by atoms with Gasteiger partial charge in [0.15, 0.2) is 0 Å². The number of hydrogen-bond acceptors (Lipinski definition) is 1. The molecule has 0 aromatic heterocycles. The third kappa shape index (κ3) is 13.9. The Morgan fingerprint density at radius 3 is 2.00 bits per heavy atom. The van der Waals surface area contributed by atoms with E-state index in [1.54, 1.807) is 0 Å². The Morgan fingerprint density at radius 2 is 1.47 bits per heavy atom. The molecule has 0 radical (unpaired) electrons. The zero-order valence-electron chi connectivity index (χ0n) is 14.1. The Kier molecular flexibility index (Phi) is 10.3. The molecule has 0 rings (SSSR count). The van der Waals surface area contributed by atoms with Gasteiger partial charge >= 0.3 is 0 Å². The van der Waals surface area contributed by atoms with Gasteiger partial charge in [0.1, 0.15) is 5.78 Å². The molecule has 1 heteroatoms. The lowest BCUT2D eigenvalue weighted by Gasteiger charge is -2.22. The van der Waals surface area contributed by atoms with Gasteiger partial charge in [0, 0.05) is 12.8 Å². The van der Waals surface area contributed by atoms with E-state index in [0.29, 0.717) is 17.1 Å². The van der Waals surface area contributed by atoms with Crippen molar-refractivity contribution >= 4 is 5.78 Å². The molecule has 0 bridgehead atoms. The van der Waals surface area contributed by atoms with Crippen LogP contribution >= 0.6 is 0 Å². The fraction of sp³-hybridized carbons (Fsp3) is 0.944. The topological polar surface area (TPSA) is 17.1 Å². The highest BCUT2D eigenvalue weighted by molar-refractivity contribution is 5.78. The molecule has 0 saturated carbocycles. The number of carbonyl (C=O) groups excluding carboxylic acids is 1. The SMILES string of the molecule is CCCCCCCCCC(=O)CC(C)CC(C)(C)C. The molecule has 0 aliphatic rings. The molecule has 0 saturated heterocycles. The van der Waals surface area contributed by atoms with E-state index in [4.69, 9.17) is 0 Å². The Bertz CT molecular complexity index is 224. The largest absolute Gasteiger partial charge is 0.300 e. The van der Waals surface area contributed by atoms with Crippen molar-refractivity contribution in [2.45, 2.75) is 98.8 Å². The summed E-state index contributed by atoms with van der Waals surface area (Å²) < 4.78 is 0. The summed E-state index contributed by atoms with van der Waals surface area (Å²) in [5, 5.41) is 0. The summed E-state index contributed by atoms with van der Waals surface area (Å²) in [6, 6.07) is 0. The highest BCUT2D eigenvalue weighted by atomic mass is 16.1. The first-order valence-electron chi connectivity index (χ1n) is 8.37. The summed E-state index contributed by atoms with van der Waals surface area (Å²) in [7, 11) is 0. The molecule has 0 N–H and O–H groups in total. The van der Waals surface area contributed by atoms with Gasteiger partial charge in [-0.1, -0.05) is 73.1 Å². The fourth-order valence-corrected chi connectivity index (χ4v) is 2.89. The molecule has 1 nitrogen and oxygen atoms in total. The van der Waals surface area contributed by atoms with Crippen molar-refractivity contribution in [2.75, 3.05) is 0 Å². The lowest BCUT2D eigenvalue weighted by Crippen LogP contribution is -2.14. The van der Waals surface area contributed by atoms with E-state index < -0.39 is 0 Å². The molecule has 0 fully saturated rings. The molecule has 19 heavy (non-hydrogen) atoms. The smallest absolute Gasteiger partial charge is 0.133 e. The normalized spacial score (nSPS) is 13.5.